The first-order valence-corrected chi connectivity index (χ1v) is 8.20. The van der Waals surface area contributed by atoms with E-state index in [1.807, 2.05) is 0 Å². The highest BCUT2D eigenvalue weighted by molar-refractivity contribution is 5.27. The van der Waals surface area contributed by atoms with Gasteiger partial charge in [-0.1, -0.05) is 70.9 Å². The Bertz CT molecular complexity index is 353. The Hall–Kier alpha value is -0.860. The van der Waals surface area contributed by atoms with Gasteiger partial charge in [-0.2, -0.15) is 0 Å². The molecule has 0 saturated carbocycles. The van der Waals surface area contributed by atoms with Crippen LogP contribution in [0.25, 0.3) is 0 Å². The summed E-state index contributed by atoms with van der Waals surface area (Å²) >= 11 is 0. The molecule has 2 nitrogen and oxygen atoms in total. The van der Waals surface area contributed by atoms with Crippen molar-refractivity contribution in [3.8, 4) is 0 Å². The van der Waals surface area contributed by atoms with Crippen LogP contribution in [0.2, 0.25) is 0 Å². The zero-order chi connectivity index (χ0) is 15.0. The second kappa shape index (κ2) is 8.43. The molecule has 0 aliphatic rings. The van der Waals surface area contributed by atoms with E-state index >= 15 is 0 Å². The first-order chi connectivity index (χ1) is 9.68. The van der Waals surface area contributed by atoms with Gasteiger partial charge in [0.1, 0.15) is 0 Å². The second-order valence-electron chi connectivity index (χ2n) is 5.87. The van der Waals surface area contributed by atoms with Gasteiger partial charge in [-0.15, -0.1) is 0 Å². The van der Waals surface area contributed by atoms with Crippen LogP contribution in [0.15, 0.2) is 30.3 Å². The standard InChI is InChI=1S/C18H32N2/c1-5-15(6-2)14-17(20-19)18(7-3,8-4)16-12-10-9-11-13-16/h9-13,15,17,20H,5-8,14,19H2,1-4H3. The summed E-state index contributed by atoms with van der Waals surface area (Å²) in [5.74, 6) is 6.70. The molecule has 1 unspecified atom stereocenters. The molecule has 0 aromatic heterocycles. The highest BCUT2D eigenvalue weighted by atomic mass is 15.2. The van der Waals surface area contributed by atoms with Crippen molar-refractivity contribution in [1.82, 2.24) is 5.43 Å². The number of nitrogens with one attached hydrogen (secondary N) is 1. The number of benzene rings is 1. The molecule has 3 N–H and O–H groups in total. The fourth-order valence-corrected chi connectivity index (χ4v) is 3.53. The van der Waals surface area contributed by atoms with Crippen molar-refractivity contribution in [3.05, 3.63) is 35.9 Å². The first-order valence-electron chi connectivity index (χ1n) is 8.20. The van der Waals surface area contributed by atoms with Crippen LogP contribution in [0, 0.1) is 5.92 Å². The third kappa shape index (κ3) is 3.62. The van der Waals surface area contributed by atoms with Gasteiger partial charge in [-0.05, 0) is 30.7 Å². The Morgan fingerprint density at radius 1 is 1.00 bits per heavy atom. The van der Waals surface area contributed by atoms with E-state index in [0.717, 1.165) is 25.2 Å². The lowest BCUT2D eigenvalue weighted by molar-refractivity contribution is 0.226. The molecule has 0 bridgehead atoms. The molecule has 0 amide bonds. The minimum absolute atomic E-state index is 0.137. The average molecular weight is 276 g/mol. The van der Waals surface area contributed by atoms with Crippen LogP contribution in [-0.2, 0) is 5.41 Å². The van der Waals surface area contributed by atoms with E-state index in [9.17, 15) is 0 Å². The van der Waals surface area contributed by atoms with Crippen molar-refractivity contribution in [2.24, 2.45) is 11.8 Å². The van der Waals surface area contributed by atoms with Gasteiger partial charge in [0.2, 0.25) is 0 Å². The molecule has 20 heavy (non-hydrogen) atoms. The zero-order valence-electron chi connectivity index (χ0n) is 13.7. The molecule has 2 heteroatoms. The second-order valence-corrected chi connectivity index (χ2v) is 5.87. The Morgan fingerprint density at radius 3 is 1.95 bits per heavy atom. The number of hydrogen-bond acceptors (Lipinski definition) is 2. The van der Waals surface area contributed by atoms with Crippen molar-refractivity contribution in [1.29, 1.82) is 0 Å². The smallest absolute Gasteiger partial charge is 0.0309 e. The monoisotopic (exact) mass is 276 g/mol. The van der Waals surface area contributed by atoms with Crippen LogP contribution in [0.1, 0.15) is 65.4 Å². The Balaban J connectivity index is 3.09. The van der Waals surface area contributed by atoms with Crippen molar-refractivity contribution in [2.75, 3.05) is 0 Å². The summed E-state index contributed by atoms with van der Waals surface area (Å²) in [4.78, 5) is 0. The minimum Gasteiger partial charge on any atom is -0.271 e. The molecule has 0 aliphatic carbocycles. The molecule has 1 aromatic carbocycles. The maximum atomic E-state index is 5.96. The largest absolute Gasteiger partial charge is 0.271 e. The van der Waals surface area contributed by atoms with Crippen LogP contribution in [-0.4, -0.2) is 6.04 Å². The molecule has 0 aliphatic heterocycles. The maximum absolute atomic E-state index is 5.96. The van der Waals surface area contributed by atoms with Gasteiger partial charge in [0.25, 0.3) is 0 Å². The average Bonchev–Trinajstić information content (AvgIpc) is 2.53. The Morgan fingerprint density at radius 2 is 1.55 bits per heavy atom. The predicted octanol–water partition coefficient (Wildman–Crippen LogP) is 4.40. The molecule has 1 aromatic rings. The van der Waals surface area contributed by atoms with Gasteiger partial charge in [0.05, 0.1) is 0 Å². The summed E-state index contributed by atoms with van der Waals surface area (Å²) in [6, 6.07) is 11.2. The predicted molar refractivity (Wildman–Crippen MR) is 88.5 cm³/mol. The summed E-state index contributed by atoms with van der Waals surface area (Å²) < 4.78 is 0. The van der Waals surface area contributed by atoms with Crippen LogP contribution in [0.3, 0.4) is 0 Å². The summed E-state index contributed by atoms with van der Waals surface area (Å²) in [5.41, 5.74) is 4.70. The topological polar surface area (TPSA) is 38.0 Å². The van der Waals surface area contributed by atoms with E-state index in [4.69, 9.17) is 5.84 Å². The van der Waals surface area contributed by atoms with Crippen molar-refractivity contribution < 1.29 is 0 Å². The molecule has 114 valence electrons. The van der Waals surface area contributed by atoms with Gasteiger partial charge < -0.3 is 0 Å². The molecular formula is C18H32N2. The number of hydrogen-bond donors (Lipinski definition) is 2. The normalized spacial score (nSPS) is 13.7. The lowest BCUT2D eigenvalue weighted by Crippen LogP contribution is -2.51. The van der Waals surface area contributed by atoms with E-state index in [2.05, 4.69) is 63.5 Å². The van der Waals surface area contributed by atoms with E-state index in [1.54, 1.807) is 0 Å². The molecule has 0 radical (unpaired) electrons. The van der Waals surface area contributed by atoms with Crippen LogP contribution in [0.4, 0.5) is 0 Å². The molecule has 1 atom stereocenters. The van der Waals surface area contributed by atoms with E-state index in [-0.39, 0.29) is 5.41 Å². The molecule has 1 rings (SSSR count). The summed E-state index contributed by atoms with van der Waals surface area (Å²) in [6.07, 6.45) is 5.84. The minimum atomic E-state index is 0.137. The summed E-state index contributed by atoms with van der Waals surface area (Å²) in [5, 5.41) is 0. The van der Waals surface area contributed by atoms with Crippen LogP contribution >= 0.6 is 0 Å². The molecule has 0 heterocycles. The van der Waals surface area contributed by atoms with Crippen molar-refractivity contribution >= 4 is 0 Å². The number of rotatable bonds is 9. The Kier molecular flexibility index (Phi) is 7.25. The molecular weight excluding hydrogens is 244 g/mol. The third-order valence-corrected chi connectivity index (χ3v) is 5.20. The van der Waals surface area contributed by atoms with Gasteiger partial charge in [-0.3, -0.25) is 11.3 Å². The lowest BCUT2D eigenvalue weighted by Gasteiger charge is -2.41. The highest BCUT2D eigenvalue weighted by Crippen LogP contribution is 2.38. The van der Waals surface area contributed by atoms with Gasteiger partial charge in [0.15, 0.2) is 0 Å². The summed E-state index contributed by atoms with van der Waals surface area (Å²) in [7, 11) is 0. The van der Waals surface area contributed by atoms with Crippen molar-refractivity contribution in [2.45, 2.75) is 71.3 Å². The Labute approximate surface area is 125 Å². The fraction of sp³-hybridized carbons (Fsp3) is 0.667. The number of hydrazine groups is 1. The van der Waals surface area contributed by atoms with Crippen LogP contribution in [0.5, 0.6) is 0 Å². The zero-order valence-corrected chi connectivity index (χ0v) is 13.7. The lowest BCUT2D eigenvalue weighted by atomic mass is 9.67. The van der Waals surface area contributed by atoms with Gasteiger partial charge in [-0.25, -0.2) is 0 Å². The third-order valence-electron chi connectivity index (χ3n) is 5.20. The van der Waals surface area contributed by atoms with E-state index in [0.29, 0.717) is 6.04 Å². The quantitative estimate of drug-likeness (QED) is 0.518. The SMILES string of the molecule is CCC(CC)CC(NN)C(CC)(CC)c1ccccc1. The van der Waals surface area contributed by atoms with Gasteiger partial charge >= 0.3 is 0 Å². The molecule has 0 saturated heterocycles. The van der Waals surface area contributed by atoms with Crippen LogP contribution < -0.4 is 11.3 Å². The van der Waals surface area contributed by atoms with E-state index < -0.39 is 0 Å². The summed E-state index contributed by atoms with van der Waals surface area (Å²) in [6.45, 7) is 9.13. The van der Waals surface area contributed by atoms with E-state index in [1.165, 1.54) is 18.4 Å². The fourth-order valence-electron chi connectivity index (χ4n) is 3.53. The maximum Gasteiger partial charge on any atom is 0.0309 e. The number of nitrogens with two attached hydrogens (primary N) is 1. The van der Waals surface area contributed by atoms with Crippen molar-refractivity contribution in [3.63, 3.8) is 0 Å². The van der Waals surface area contributed by atoms with Gasteiger partial charge in [0, 0.05) is 11.5 Å². The first kappa shape index (κ1) is 17.2. The molecule has 0 fully saturated rings. The molecule has 0 spiro atoms. The highest BCUT2D eigenvalue weighted by Gasteiger charge is 2.37.